The van der Waals surface area contributed by atoms with Gasteiger partial charge in [0.05, 0.1) is 19.3 Å². The van der Waals surface area contributed by atoms with Crippen LogP contribution in [0.1, 0.15) is 30.4 Å². The van der Waals surface area contributed by atoms with Crippen molar-refractivity contribution in [3.8, 4) is 0 Å². The number of nitrogens with one attached hydrogen (secondary N) is 1. The molecule has 1 aromatic rings. The minimum Gasteiger partial charge on any atom is -0.378 e. The second-order valence-corrected chi connectivity index (χ2v) is 5.42. The molecular formula is C14H20N4O2. The van der Waals surface area contributed by atoms with Crippen LogP contribution in [0.2, 0.25) is 0 Å². The lowest BCUT2D eigenvalue weighted by Gasteiger charge is -2.29. The average Bonchev–Trinajstić information content (AvgIpc) is 3.30. The Hall–Kier alpha value is -1.69. The molecule has 6 nitrogen and oxygen atoms in total. The van der Waals surface area contributed by atoms with Crippen LogP contribution in [0, 0.1) is 12.8 Å². The van der Waals surface area contributed by atoms with Crippen LogP contribution >= 0.6 is 0 Å². The lowest BCUT2D eigenvalue weighted by atomic mass is 10.1. The number of carbonyl (C=O) groups is 1. The van der Waals surface area contributed by atoms with Gasteiger partial charge in [-0.05, 0) is 31.7 Å². The normalized spacial score (nSPS) is 20.6. The zero-order chi connectivity index (χ0) is 13.9. The number of rotatable bonds is 3. The molecule has 108 valence electrons. The molecule has 1 saturated heterocycles. The molecule has 1 saturated carbocycles. The topological polar surface area (TPSA) is 67.4 Å². The predicted octanol–water partition coefficient (Wildman–Crippen LogP) is 1.28. The summed E-state index contributed by atoms with van der Waals surface area (Å²) in [6.07, 6.45) is 4.02. The Balaban J connectivity index is 1.69. The van der Waals surface area contributed by atoms with Crippen LogP contribution in [0.5, 0.6) is 0 Å². The number of morpholine rings is 1. The van der Waals surface area contributed by atoms with E-state index in [1.54, 1.807) is 11.1 Å². The minimum absolute atomic E-state index is 0.0321. The van der Waals surface area contributed by atoms with E-state index >= 15 is 0 Å². The number of nitrogens with zero attached hydrogens (tertiary/aromatic N) is 3. The van der Waals surface area contributed by atoms with E-state index in [2.05, 4.69) is 15.3 Å². The number of amides is 2. The van der Waals surface area contributed by atoms with Crippen LogP contribution in [0.15, 0.2) is 12.3 Å². The quantitative estimate of drug-likeness (QED) is 0.903. The third-order valence-corrected chi connectivity index (χ3v) is 3.76. The molecule has 0 aromatic carbocycles. The number of hydrogen-bond donors (Lipinski definition) is 1. The molecule has 3 rings (SSSR count). The summed E-state index contributed by atoms with van der Waals surface area (Å²) in [5.74, 6) is 1.20. The Morgan fingerprint density at radius 1 is 1.45 bits per heavy atom. The summed E-state index contributed by atoms with van der Waals surface area (Å²) in [5.41, 5.74) is 0.932. The van der Waals surface area contributed by atoms with Crippen LogP contribution in [-0.2, 0) is 4.74 Å². The molecule has 1 aliphatic heterocycles. The van der Waals surface area contributed by atoms with Crippen molar-refractivity contribution in [2.45, 2.75) is 25.8 Å². The van der Waals surface area contributed by atoms with Gasteiger partial charge in [0, 0.05) is 25.0 Å². The lowest BCUT2D eigenvalue weighted by Crippen LogP contribution is -2.47. The number of hydrogen-bond acceptors (Lipinski definition) is 4. The smallest absolute Gasteiger partial charge is 0.318 e. The van der Waals surface area contributed by atoms with Crippen molar-refractivity contribution >= 4 is 6.03 Å². The number of ether oxygens (including phenoxy) is 1. The molecule has 1 N–H and O–H groups in total. The maximum Gasteiger partial charge on any atom is 0.318 e. The van der Waals surface area contributed by atoms with Gasteiger partial charge in [0.15, 0.2) is 5.82 Å². The fraction of sp³-hybridized carbons (Fsp3) is 0.643. The van der Waals surface area contributed by atoms with Crippen LogP contribution in [-0.4, -0.2) is 47.2 Å². The van der Waals surface area contributed by atoms with Crippen LogP contribution < -0.4 is 5.32 Å². The first-order valence-electron chi connectivity index (χ1n) is 7.17. The Labute approximate surface area is 118 Å². The Morgan fingerprint density at radius 2 is 2.20 bits per heavy atom. The highest BCUT2D eigenvalue weighted by Gasteiger charge is 2.36. The van der Waals surface area contributed by atoms with E-state index in [-0.39, 0.29) is 12.1 Å². The second kappa shape index (κ2) is 5.75. The monoisotopic (exact) mass is 276 g/mol. The molecule has 0 bridgehead atoms. The van der Waals surface area contributed by atoms with Gasteiger partial charge in [0.25, 0.3) is 0 Å². The number of aryl methyl sites for hydroxylation is 1. The van der Waals surface area contributed by atoms with Crippen molar-refractivity contribution in [1.82, 2.24) is 20.2 Å². The van der Waals surface area contributed by atoms with Gasteiger partial charge in [0.2, 0.25) is 0 Å². The minimum atomic E-state index is -0.0646. The summed E-state index contributed by atoms with van der Waals surface area (Å²) < 4.78 is 5.27. The van der Waals surface area contributed by atoms with Crippen LogP contribution in [0.3, 0.4) is 0 Å². The van der Waals surface area contributed by atoms with E-state index in [0.717, 1.165) is 24.4 Å². The van der Waals surface area contributed by atoms with E-state index in [4.69, 9.17) is 4.74 Å². The molecule has 0 radical (unpaired) electrons. The molecule has 2 amide bonds. The molecule has 1 aliphatic carbocycles. The zero-order valence-corrected chi connectivity index (χ0v) is 11.7. The Bertz CT molecular complexity index is 484. The van der Waals surface area contributed by atoms with Gasteiger partial charge >= 0.3 is 6.03 Å². The summed E-state index contributed by atoms with van der Waals surface area (Å²) in [6, 6.07) is 1.78. The molecule has 2 fully saturated rings. The molecule has 0 spiro atoms. The van der Waals surface area contributed by atoms with E-state index in [9.17, 15) is 4.79 Å². The van der Waals surface area contributed by atoms with Gasteiger partial charge in [-0.15, -0.1) is 0 Å². The largest absolute Gasteiger partial charge is 0.378 e. The van der Waals surface area contributed by atoms with Gasteiger partial charge in [0.1, 0.15) is 0 Å². The third-order valence-electron chi connectivity index (χ3n) is 3.76. The van der Waals surface area contributed by atoms with E-state index < -0.39 is 0 Å². The van der Waals surface area contributed by atoms with Crippen molar-refractivity contribution in [1.29, 1.82) is 0 Å². The maximum absolute atomic E-state index is 12.3. The second-order valence-electron chi connectivity index (χ2n) is 5.42. The third kappa shape index (κ3) is 3.07. The highest BCUT2D eigenvalue weighted by atomic mass is 16.5. The van der Waals surface area contributed by atoms with Crippen LogP contribution in [0.4, 0.5) is 4.79 Å². The van der Waals surface area contributed by atoms with Crippen molar-refractivity contribution in [3.05, 3.63) is 23.8 Å². The molecule has 2 heterocycles. The SMILES string of the molecule is Cc1ccnc([C@H](NC(=O)N2CCOCC2)C2CC2)n1. The first kappa shape index (κ1) is 13.3. The van der Waals surface area contributed by atoms with Gasteiger partial charge in [-0.2, -0.15) is 0 Å². The number of carbonyl (C=O) groups excluding carboxylic acids is 1. The summed E-state index contributed by atoms with van der Waals surface area (Å²) in [4.78, 5) is 22.9. The van der Waals surface area contributed by atoms with Gasteiger partial charge < -0.3 is 15.0 Å². The lowest BCUT2D eigenvalue weighted by molar-refractivity contribution is 0.0522. The van der Waals surface area contributed by atoms with Gasteiger partial charge in [-0.25, -0.2) is 14.8 Å². The van der Waals surface area contributed by atoms with Crippen molar-refractivity contribution in [2.24, 2.45) is 5.92 Å². The highest BCUT2D eigenvalue weighted by Crippen LogP contribution is 2.40. The molecule has 1 atom stereocenters. The number of aromatic nitrogens is 2. The highest BCUT2D eigenvalue weighted by molar-refractivity contribution is 5.74. The maximum atomic E-state index is 12.3. The van der Waals surface area contributed by atoms with Crippen LogP contribution in [0.25, 0.3) is 0 Å². The zero-order valence-electron chi connectivity index (χ0n) is 11.7. The Morgan fingerprint density at radius 3 is 2.85 bits per heavy atom. The molecule has 6 heteroatoms. The Kier molecular flexibility index (Phi) is 3.82. The summed E-state index contributed by atoms with van der Waals surface area (Å²) in [7, 11) is 0. The van der Waals surface area contributed by atoms with Gasteiger partial charge in [-0.1, -0.05) is 0 Å². The van der Waals surface area contributed by atoms with E-state index in [1.165, 1.54) is 0 Å². The first-order chi connectivity index (χ1) is 9.74. The van der Waals surface area contributed by atoms with Crippen molar-refractivity contribution in [3.63, 3.8) is 0 Å². The van der Waals surface area contributed by atoms with Gasteiger partial charge in [-0.3, -0.25) is 0 Å². The number of urea groups is 1. The molecule has 0 unspecified atom stereocenters. The summed E-state index contributed by atoms with van der Waals surface area (Å²) >= 11 is 0. The van der Waals surface area contributed by atoms with Crippen molar-refractivity contribution < 1.29 is 9.53 Å². The fourth-order valence-electron chi connectivity index (χ4n) is 2.43. The fourth-order valence-corrected chi connectivity index (χ4v) is 2.43. The van der Waals surface area contributed by atoms with E-state index in [1.807, 2.05) is 13.0 Å². The molecule has 2 aliphatic rings. The standard InChI is InChI=1S/C14H20N4O2/c1-10-4-5-15-13(16-10)12(11-2-3-11)17-14(19)18-6-8-20-9-7-18/h4-5,11-12H,2-3,6-9H2,1H3,(H,17,19)/t12-/m1/s1. The average molecular weight is 276 g/mol. The van der Waals surface area contributed by atoms with E-state index in [0.29, 0.717) is 32.2 Å². The molecule has 1 aromatic heterocycles. The summed E-state index contributed by atoms with van der Waals surface area (Å²) in [5, 5.41) is 3.10. The molecular weight excluding hydrogens is 256 g/mol. The van der Waals surface area contributed by atoms with Crippen molar-refractivity contribution in [2.75, 3.05) is 26.3 Å². The summed E-state index contributed by atoms with van der Waals surface area (Å²) in [6.45, 7) is 4.47. The molecule has 20 heavy (non-hydrogen) atoms. The first-order valence-corrected chi connectivity index (χ1v) is 7.17. The predicted molar refractivity (Wildman–Crippen MR) is 73.2 cm³/mol.